The monoisotopic (exact) mass is 256 g/mol. The lowest BCUT2D eigenvalue weighted by molar-refractivity contribution is 0.215. The van der Waals surface area contributed by atoms with Crippen LogP contribution in [0.25, 0.3) is 0 Å². The van der Waals surface area contributed by atoms with Crippen molar-refractivity contribution in [2.75, 3.05) is 11.1 Å². The zero-order valence-electron chi connectivity index (χ0n) is 10.9. The van der Waals surface area contributed by atoms with Gasteiger partial charge in [-0.3, -0.25) is 5.32 Å². The Hall–Kier alpha value is -2.49. The van der Waals surface area contributed by atoms with Gasteiger partial charge in [-0.25, -0.2) is 4.79 Å². The molecule has 0 spiro atoms. The quantitative estimate of drug-likeness (QED) is 0.808. The summed E-state index contributed by atoms with van der Waals surface area (Å²) >= 11 is 0. The van der Waals surface area contributed by atoms with E-state index in [4.69, 9.17) is 10.5 Å². The first-order valence-corrected chi connectivity index (χ1v) is 5.97. The van der Waals surface area contributed by atoms with E-state index in [1.165, 1.54) is 0 Å². The van der Waals surface area contributed by atoms with Crippen LogP contribution < -0.4 is 15.8 Å². The largest absolute Gasteiger partial charge is 0.417 e. The van der Waals surface area contributed by atoms with Crippen LogP contribution in [0.4, 0.5) is 16.2 Å². The Morgan fingerprint density at radius 2 is 1.84 bits per heavy atom. The van der Waals surface area contributed by atoms with E-state index in [9.17, 15) is 4.79 Å². The number of para-hydroxylation sites is 1. The van der Waals surface area contributed by atoms with Gasteiger partial charge in [0, 0.05) is 17.4 Å². The second-order valence-corrected chi connectivity index (χ2v) is 4.35. The van der Waals surface area contributed by atoms with Crippen molar-refractivity contribution in [1.29, 1.82) is 0 Å². The highest BCUT2D eigenvalue weighted by molar-refractivity contribution is 5.87. The first-order valence-electron chi connectivity index (χ1n) is 5.97. The average molecular weight is 256 g/mol. The summed E-state index contributed by atoms with van der Waals surface area (Å²) in [4.78, 5) is 11.8. The van der Waals surface area contributed by atoms with E-state index in [1.807, 2.05) is 44.2 Å². The standard InChI is InChI=1S/C15H16N2O2/c1-10-7-8-12(9-13(10)16)19-15(18)17-14-6-4-3-5-11(14)2/h3-9H,16H2,1-2H3,(H,17,18). The molecule has 0 heterocycles. The molecule has 4 heteroatoms. The van der Waals surface area contributed by atoms with E-state index in [2.05, 4.69) is 5.32 Å². The first kappa shape index (κ1) is 13.0. The zero-order chi connectivity index (χ0) is 13.8. The summed E-state index contributed by atoms with van der Waals surface area (Å²) in [6, 6.07) is 12.7. The fourth-order valence-corrected chi connectivity index (χ4v) is 1.64. The van der Waals surface area contributed by atoms with E-state index in [0.717, 1.165) is 16.8 Å². The number of amides is 1. The predicted molar refractivity (Wildman–Crippen MR) is 76.4 cm³/mol. The Balaban J connectivity index is 2.05. The highest BCUT2D eigenvalue weighted by atomic mass is 16.6. The summed E-state index contributed by atoms with van der Waals surface area (Å²) in [5.41, 5.74) is 9.01. The van der Waals surface area contributed by atoms with Gasteiger partial charge in [0.15, 0.2) is 0 Å². The fourth-order valence-electron chi connectivity index (χ4n) is 1.64. The molecule has 4 nitrogen and oxygen atoms in total. The molecule has 0 aliphatic heterocycles. The van der Waals surface area contributed by atoms with Gasteiger partial charge in [-0.2, -0.15) is 0 Å². The number of nitrogens with one attached hydrogen (secondary N) is 1. The number of aryl methyl sites for hydroxylation is 2. The lowest BCUT2D eigenvalue weighted by Crippen LogP contribution is -2.17. The fraction of sp³-hybridized carbons (Fsp3) is 0.133. The molecule has 0 aliphatic rings. The molecule has 2 aromatic carbocycles. The molecule has 0 saturated carbocycles. The van der Waals surface area contributed by atoms with Gasteiger partial charge in [-0.1, -0.05) is 24.3 Å². The molecule has 0 aliphatic carbocycles. The van der Waals surface area contributed by atoms with Crippen molar-refractivity contribution in [2.24, 2.45) is 0 Å². The normalized spacial score (nSPS) is 10.0. The maximum Gasteiger partial charge on any atom is 0.417 e. The molecular formula is C15H16N2O2. The van der Waals surface area contributed by atoms with Gasteiger partial charge >= 0.3 is 6.09 Å². The zero-order valence-corrected chi connectivity index (χ0v) is 10.9. The topological polar surface area (TPSA) is 64.3 Å². The molecule has 0 radical (unpaired) electrons. The summed E-state index contributed by atoms with van der Waals surface area (Å²) < 4.78 is 5.18. The number of carbonyl (C=O) groups excluding carboxylic acids is 1. The third-order valence-corrected chi connectivity index (χ3v) is 2.84. The van der Waals surface area contributed by atoms with Gasteiger partial charge in [0.1, 0.15) is 5.75 Å². The third kappa shape index (κ3) is 3.25. The number of nitrogens with two attached hydrogens (primary N) is 1. The molecular weight excluding hydrogens is 240 g/mol. The lowest BCUT2D eigenvalue weighted by atomic mass is 10.2. The van der Waals surface area contributed by atoms with Crippen LogP contribution in [-0.4, -0.2) is 6.09 Å². The Morgan fingerprint density at radius 1 is 1.11 bits per heavy atom. The van der Waals surface area contributed by atoms with Crippen LogP contribution >= 0.6 is 0 Å². The Morgan fingerprint density at radius 3 is 2.53 bits per heavy atom. The first-order chi connectivity index (χ1) is 9.06. The van der Waals surface area contributed by atoms with Crippen molar-refractivity contribution in [3.8, 4) is 5.75 Å². The maximum absolute atomic E-state index is 11.8. The Labute approximate surface area is 112 Å². The molecule has 0 aromatic heterocycles. The van der Waals surface area contributed by atoms with Crippen molar-refractivity contribution in [2.45, 2.75) is 13.8 Å². The minimum Gasteiger partial charge on any atom is -0.410 e. The van der Waals surface area contributed by atoms with Gasteiger partial charge in [-0.05, 0) is 37.1 Å². The van der Waals surface area contributed by atoms with Crippen LogP contribution in [0.2, 0.25) is 0 Å². The van der Waals surface area contributed by atoms with Crippen molar-refractivity contribution in [3.63, 3.8) is 0 Å². The number of hydrogen-bond acceptors (Lipinski definition) is 3. The number of ether oxygens (including phenoxy) is 1. The number of benzene rings is 2. The minimum atomic E-state index is -0.530. The molecule has 19 heavy (non-hydrogen) atoms. The molecule has 0 atom stereocenters. The smallest absolute Gasteiger partial charge is 0.410 e. The van der Waals surface area contributed by atoms with E-state index >= 15 is 0 Å². The molecule has 2 aromatic rings. The van der Waals surface area contributed by atoms with Crippen molar-refractivity contribution in [3.05, 3.63) is 53.6 Å². The van der Waals surface area contributed by atoms with Crippen LogP contribution in [0.3, 0.4) is 0 Å². The SMILES string of the molecule is Cc1ccc(OC(=O)Nc2ccccc2C)cc1N. The molecule has 98 valence electrons. The number of carbonyl (C=O) groups is 1. The molecule has 2 rings (SSSR count). The van der Waals surface area contributed by atoms with Crippen molar-refractivity contribution in [1.82, 2.24) is 0 Å². The van der Waals surface area contributed by atoms with Crippen LogP contribution in [0, 0.1) is 13.8 Å². The third-order valence-electron chi connectivity index (χ3n) is 2.84. The Kier molecular flexibility index (Phi) is 3.71. The van der Waals surface area contributed by atoms with Gasteiger partial charge in [0.2, 0.25) is 0 Å². The second-order valence-electron chi connectivity index (χ2n) is 4.35. The van der Waals surface area contributed by atoms with Crippen LogP contribution in [-0.2, 0) is 0 Å². The Bertz CT molecular complexity index is 609. The van der Waals surface area contributed by atoms with Crippen LogP contribution in [0.15, 0.2) is 42.5 Å². The van der Waals surface area contributed by atoms with Crippen molar-refractivity contribution < 1.29 is 9.53 Å². The van der Waals surface area contributed by atoms with Gasteiger partial charge < -0.3 is 10.5 Å². The second kappa shape index (κ2) is 5.44. The van der Waals surface area contributed by atoms with E-state index in [0.29, 0.717) is 11.4 Å². The summed E-state index contributed by atoms with van der Waals surface area (Å²) in [6.45, 7) is 3.81. The van der Waals surface area contributed by atoms with Gasteiger partial charge in [-0.15, -0.1) is 0 Å². The minimum absolute atomic E-state index is 0.425. The maximum atomic E-state index is 11.8. The molecule has 0 saturated heterocycles. The van der Waals surface area contributed by atoms with Gasteiger partial charge in [0.25, 0.3) is 0 Å². The molecule has 3 N–H and O–H groups in total. The van der Waals surface area contributed by atoms with E-state index in [1.54, 1.807) is 12.1 Å². The summed E-state index contributed by atoms with van der Waals surface area (Å²) in [7, 11) is 0. The average Bonchev–Trinajstić information content (AvgIpc) is 2.37. The highest BCUT2D eigenvalue weighted by Gasteiger charge is 2.07. The van der Waals surface area contributed by atoms with Gasteiger partial charge in [0.05, 0.1) is 0 Å². The van der Waals surface area contributed by atoms with Crippen LogP contribution in [0.1, 0.15) is 11.1 Å². The van der Waals surface area contributed by atoms with Crippen molar-refractivity contribution >= 4 is 17.5 Å². The number of anilines is 2. The molecule has 0 unspecified atom stereocenters. The highest BCUT2D eigenvalue weighted by Crippen LogP contribution is 2.20. The summed E-state index contributed by atoms with van der Waals surface area (Å²) in [5.74, 6) is 0.425. The summed E-state index contributed by atoms with van der Waals surface area (Å²) in [5, 5.41) is 2.69. The summed E-state index contributed by atoms with van der Waals surface area (Å²) in [6.07, 6.45) is -0.530. The number of rotatable bonds is 2. The number of nitrogen functional groups attached to an aromatic ring is 1. The molecule has 0 bridgehead atoms. The van der Waals surface area contributed by atoms with E-state index < -0.39 is 6.09 Å². The lowest BCUT2D eigenvalue weighted by Gasteiger charge is -2.09. The van der Waals surface area contributed by atoms with Crippen LogP contribution in [0.5, 0.6) is 5.75 Å². The van der Waals surface area contributed by atoms with E-state index in [-0.39, 0.29) is 0 Å². The molecule has 1 amide bonds. The number of hydrogen-bond donors (Lipinski definition) is 2. The predicted octanol–water partition coefficient (Wildman–Crippen LogP) is 3.50. The molecule has 0 fully saturated rings.